The largest absolute Gasteiger partial charge is 0.496 e. The van der Waals surface area contributed by atoms with Crippen LogP contribution in [0.15, 0.2) is 24.3 Å². The highest BCUT2D eigenvalue weighted by Gasteiger charge is 2.32. The minimum absolute atomic E-state index is 0.516. The van der Waals surface area contributed by atoms with E-state index in [1.54, 1.807) is 7.11 Å². The van der Waals surface area contributed by atoms with Crippen molar-refractivity contribution in [3.8, 4) is 5.75 Å². The highest BCUT2D eigenvalue weighted by Crippen LogP contribution is 2.30. The summed E-state index contributed by atoms with van der Waals surface area (Å²) in [6.07, 6.45) is 4.25. The van der Waals surface area contributed by atoms with Crippen molar-refractivity contribution < 1.29 is 9.47 Å². The van der Waals surface area contributed by atoms with Gasteiger partial charge in [-0.3, -0.25) is 4.90 Å². The summed E-state index contributed by atoms with van der Waals surface area (Å²) in [5.41, 5.74) is 1.29. The SMILES string of the molecule is COc1ccccc1CN1CC[C@@H]2OCCC[C@@H]2C1. The predicted molar refractivity (Wildman–Crippen MR) is 75.4 cm³/mol. The average molecular weight is 261 g/mol. The number of hydrogen-bond donors (Lipinski definition) is 0. The lowest BCUT2D eigenvalue weighted by molar-refractivity contribution is -0.0676. The molecule has 19 heavy (non-hydrogen) atoms. The van der Waals surface area contributed by atoms with Gasteiger partial charge in [-0.15, -0.1) is 0 Å². The van der Waals surface area contributed by atoms with Gasteiger partial charge in [-0.2, -0.15) is 0 Å². The molecule has 2 fully saturated rings. The molecule has 2 aliphatic heterocycles. The zero-order chi connectivity index (χ0) is 13.1. The summed E-state index contributed by atoms with van der Waals surface area (Å²) in [5, 5.41) is 0. The second-order valence-electron chi connectivity index (χ2n) is 5.65. The molecule has 0 aromatic heterocycles. The van der Waals surface area contributed by atoms with Gasteiger partial charge >= 0.3 is 0 Å². The van der Waals surface area contributed by atoms with Crippen molar-refractivity contribution in [1.82, 2.24) is 4.90 Å². The molecule has 1 aromatic carbocycles. The molecule has 0 unspecified atom stereocenters. The van der Waals surface area contributed by atoms with Crippen LogP contribution in [-0.4, -0.2) is 37.8 Å². The molecule has 0 amide bonds. The summed E-state index contributed by atoms with van der Waals surface area (Å²) in [6.45, 7) is 4.27. The average Bonchev–Trinajstić information content (AvgIpc) is 2.48. The molecular formula is C16H23NO2. The van der Waals surface area contributed by atoms with Crippen molar-refractivity contribution in [2.75, 3.05) is 26.8 Å². The Morgan fingerprint density at radius 2 is 2.21 bits per heavy atom. The molecule has 0 spiro atoms. The topological polar surface area (TPSA) is 21.7 Å². The highest BCUT2D eigenvalue weighted by atomic mass is 16.5. The Morgan fingerprint density at radius 3 is 3.11 bits per heavy atom. The molecule has 0 radical (unpaired) electrons. The number of para-hydroxylation sites is 1. The van der Waals surface area contributed by atoms with E-state index in [2.05, 4.69) is 17.0 Å². The van der Waals surface area contributed by atoms with Gasteiger partial charge in [-0.25, -0.2) is 0 Å². The van der Waals surface area contributed by atoms with Crippen molar-refractivity contribution in [2.24, 2.45) is 5.92 Å². The zero-order valence-electron chi connectivity index (χ0n) is 11.7. The van der Waals surface area contributed by atoms with E-state index in [1.165, 1.54) is 31.4 Å². The minimum atomic E-state index is 0.516. The van der Waals surface area contributed by atoms with Crippen molar-refractivity contribution in [1.29, 1.82) is 0 Å². The lowest BCUT2D eigenvalue weighted by atomic mass is 9.88. The monoisotopic (exact) mass is 261 g/mol. The number of nitrogens with zero attached hydrogens (tertiary/aromatic N) is 1. The van der Waals surface area contributed by atoms with Crippen molar-refractivity contribution in [3.63, 3.8) is 0 Å². The van der Waals surface area contributed by atoms with Crippen LogP contribution in [0.1, 0.15) is 24.8 Å². The first kappa shape index (κ1) is 12.9. The van der Waals surface area contributed by atoms with Crippen LogP contribution in [0.25, 0.3) is 0 Å². The summed E-state index contributed by atoms with van der Waals surface area (Å²) >= 11 is 0. The molecule has 104 valence electrons. The van der Waals surface area contributed by atoms with Crippen LogP contribution in [0, 0.1) is 5.92 Å². The molecule has 3 nitrogen and oxygen atoms in total. The van der Waals surface area contributed by atoms with E-state index in [0.717, 1.165) is 31.4 Å². The number of ether oxygens (including phenoxy) is 2. The minimum Gasteiger partial charge on any atom is -0.496 e. The van der Waals surface area contributed by atoms with Crippen LogP contribution >= 0.6 is 0 Å². The molecule has 3 heteroatoms. The number of hydrogen-bond acceptors (Lipinski definition) is 3. The third-order valence-electron chi connectivity index (χ3n) is 4.39. The standard InChI is InChI=1S/C16H23NO2/c1-18-15-7-3-2-5-13(15)11-17-9-8-16-14(12-17)6-4-10-19-16/h2-3,5,7,14,16H,4,6,8-12H2,1H3/t14-,16+/m1/s1. The first-order chi connectivity index (χ1) is 9.36. The number of benzene rings is 1. The Morgan fingerprint density at radius 1 is 1.32 bits per heavy atom. The van der Waals surface area contributed by atoms with E-state index in [4.69, 9.17) is 9.47 Å². The number of rotatable bonds is 3. The molecule has 2 saturated heterocycles. The summed E-state index contributed by atoms with van der Waals surface area (Å²) < 4.78 is 11.3. The fourth-order valence-electron chi connectivity index (χ4n) is 3.38. The number of likely N-dealkylation sites (tertiary alicyclic amines) is 1. The Hall–Kier alpha value is -1.06. The second-order valence-corrected chi connectivity index (χ2v) is 5.65. The van der Waals surface area contributed by atoms with Gasteiger partial charge in [0.2, 0.25) is 0 Å². The lowest BCUT2D eigenvalue weighted by Gasteiger charge is -2.41. The maximum Gasteiger partial charge on any atom is 0.123 e. The van der Waals surface area contributed by atoms with Crippen LogP contribution < -0.4 is 4.74 Å². The molecule has 2 aliphatic rings. The quantitative estimate of drug-likeness (QED) is 0.835. The Kier molecular flexibility index (Phi) is 4.04. The fourth-order valence-corrected chi connectivity index (χ4v) is 3.38. The summed E-state index contributed by atoms with van der Waals surface area (Å²) in [7, 11) is 1.75. The van der Waals surface area contributed by atoms with Gasteiger partial charge in [0, 0.05) is 31.8 Å². The summed E-state index contributed by atoms with van der Waals surface area (Å²) in [5.74, 6) is 1.74. The Labute approximate surface area is 115 Å². The third-order valence-corrected chi connectivity index (χ3v) is 4.39. The summed E-state index contributed by atoms with van der Waals surface area (Å²) in [6, 6.07) is 8.34. The van der Waals surface area contributed by atoms with Crippen LogP contribution in [0.5, 0.6) is 5.75 Å². The maximum atomic E-state index is 5.87. The van der Waals surface area contributed by atoms with Crippen LogP contribution in [0.2, 0.25) is 0 Å². The van der Waals surface area contributed by atoms with E-state index >= 15 is 0 Å². The first-order valence-corrected chi connectivity index (χ1v) is 7.32. The van der Waals surface area contributed by atoms with Gasteiger partial charge in [0.25, 0.3) is 0 Å². The van der Waals surface area contributed by atoms with Crippen LogP contribution in [-0.2, 0) is 11.3 Å². The van der Waals surface area contributed by atoms with Gasteiger partial charge < -0.3 is 9.47 Å². The Bertz CT molecular complexity index is 421. The normalized spacial score (nSPS) is 27.8. The van der Waals surface area contributed by atoms with E-state index in [0.29, 0.717) is 6.10 Å². The molecule has 2 atom stereocenters. The smallest absolute Gasteiger partial charge is 0.123 e. The molecular weight excluding hydrogens is 238 g/mol. The van der Waals surface area contributed by atoms with Crippen molar-refractivity contribution >= 4 is 0 Å². The van der Waals surface area contributed by atoms with Gasteiger partial charge in [0.05, 0.1) is 13.2 Å². The molecule has 0 N–H and O–H groups in total. The van der Waals surface area contributed by atoms with Gasteiger partial charge in [-0.1, -0.05) is 18.2 Å². The van der Waals surface area contributed by atoms with Gasteiger partial charge in [0.15, 0.2) is 0 Å². The van der Waals surface area contributed by atoms with Crippen molar-refractivity contribution in [3.05, 3.63) is 29.8 Å². The zero-order valence-corrected chi connectivity index (χ0v) is 11.7. The molecule has 2 heterocycles. The number of piperidine rings is 1. The van der Waals surface area contributed by atoms with Crippen LogP contribution in [0.4, 0.5) is 0 Å². The second kappa shape index (κ2) is 5.93. The van der Waals surface area contributed by atoms with E-state index in [1.807, 2.05) is 12.1 Å². The number of fused-ring (bicyclic) bond motifs is 1. The van der Waals surface area contributed by atoms with Gasteiger partial charge in [-0.05, 0) is 31.2 Å². The molecule has 1 aromatic rings. The van der Waals surface area contributed by atoms with E-state index < -0.39 is 0 Å². The number of methoxy groups -OCH3 is 1. The maximum absolute atomic E-state index is 5.87. The van der Waals surface area contributed by atoms with Crippen LogP contribution in [0.3, 0.4) is 0 Å². The van der Waals surface area contributed by atoms with E-state index in [-0.39, 0.29) is 0 Å². The van der Waals surface area contributed by atoms with E-state index in [9.17, 15) is 0 Å². The Balaban J connectivity index is 1.64. The molecule has 3 rings (SSSR count). The highest BCUT2D eigenvalue weighted by molar-refractivity contribution is 5.33. The van der Waals surface area contributed by atoms with Crippen molar-refractivity contribution in [2.45, 2.75) is 31.9 Å². The first-order valence-electron chi connectivity index (χ1n) is 7.32. The fraction of sp³-hybridized carbons (Fsp3) is 0.625. The summed E-state index contributed by atoms with van der Waals surface area (Å²) in [4.78, 5) is 2.55. The lowest BCUT2D eigenvalue weighted by Crippen LogP contribution is -2.45. The molecule has 0 saturated carbocycles. The molecule has 0 aliphatic carbocycles. The van der Waals surface area contributed by atoms with Gasteiger partial charge in [0.1, 0.15) is 5.75 Å². The predicted octanol–water partition coefficient (Wildman–Crippen LogP) is 2.70. The third kappa shape index (κ3) is 2.93. The molecule has 0 bridgehead atoms.